The van der Waals surface area contributed by atoms with Gasteiger partial charge in [-0.2, -0.15) is 0 Å². The van der Waals surface area contributed by atoms with Crippen molar-refractivity contribution < 1.29 is 19.4 Å². The van der Waals surface area contributed by atoms with Gasteiger partial charge in [-0.25, -0.2) is 9.59 Å². The van der Waals surface area contributed by atoms with Crippen LogP contribution in [-0.2, 0) is 9.53 Å². The molecule has 1 fully saturated rings. The van der Waals surface area contributed by atoms with Gasteiger partial charge in [-0.3, -0.25) is 4.90 Å². The molecule has 0 radical (unpaired) electrons. The highest BCUT2D eigenvalue weighted by Crippen LogP contribution is 2.18. The van der Waals surface area contributed by atoms with Crippen molar-refractivity contribution in [2.45, 2.75) is 18.9 Å². The molecule has 0 aromatic carbocycles. The Morgan fingerprint density at radius 1 is 1.62 bits per heavy atom. The van der Waals surface area contributed by atoms with Gasteiger partial charge in [-0.15, -0.1) is 0 Å². The lowest BCUT2D eigenvalue weighted by Crippen LogP contribution is -2.40. The average Bonchev–Trinajstić information content (AvgIpc) is 2.52. The van der Waals surface area contributed by atoms with Crippen LogP contribution in [0.4, 0.5) is 4.79 Å². The van der Waals surface area contributed by atoms with E-state index in [9.17, 15) is 9.59 Å². The summed E-state index contributed by atoms with van der Waals surface area (Å²) in [5.74, 6) is -0.996. The highest BCUT2D eigenvalue weighted by molar-refractivity contribution is 6.17. The largest absolute Gasteiger partial charge is 0.480 e. The Hall–Kier alpha value is -0.970. The number of likely N-dealkylation sites (tertiary alicyclic amines) is 1. The number of alkyl halides is 1. The molecule has 74 valence electrons. The molecule has 0 spiro atoms. The predicted octanol–water partition coefficient (Wildman–Crippen LogP) is 0.868. The molecule has 6 heteroatoms. The van der Waals surface area contributed by atoms with Gasteiger partial charge in [0.25, 0.3) is 0 Å². The van der Waals surface area contributed by atoms with Crippen LogP contribution < -0.4 is 0 Å². The van der Waals surface area contributed by atoms with E-state index in [0.717, 1.165) is 0 Å². The molecule has 13 heavy (non-hydrogen) atoms. The summed E-state index contributed by atoms with van der Waals surface area (Å²) < 4.78 is 4.50. The van der Waals surface area contributed by atoms with Gasteiger partial charge in [-0.05, 0) is 12.8 Å². The van der Waals surface area contributed by atoms with Crippen molar-refractivity contribution in [3.63, 3.8) is 0 Å². The molecule has 1 saturated heterocycles. The van der Waals surface area contributed by atoms with Gasteiger partial charge in [0, 0.05) is 6.54 Å². The molecular formula is C7H10ClNO4. The molecule has 0 saturated carbocycles. The van der Waals surface area contributed by atoms with E-state index in [2.05, 4.69) is 4.74 Å². The number of rotatable bonds is 2. The normalized spacial score (nSPS) is 21.6. The standard InChI is InChI=1S/C7H10ClNO4/c8-4-13-7(12)9-3-1-2-5(9)6(10)11/h5H,1-4H2,(H,10,11)/t5-/m1/s1. The van der Waals surface area contributed by atoms with E-state index < -0.39 is 18.1 Å². The van der Waals surface area contributed by atoms with Gasteiger partial charge >= 0.3 is 12.1 Å². The van der Waals surface area contributed by atoms with E-state index in [0.29, 0.717) is 19.4 Å². The van der Waals surface area contributed by atoms with Crippen LogP contribution in [0.15, 0.2) is 0 Å². The zero-order valence-corrected chi connectivity index (χ0v) is 7.66. The number of nitrogens with zero attached hydrogens (tertiary/aromatic N) is 1. The van der Waals surface area contributed by atoms with Crippen LogP contribution in [0.25, 0.3) is 0 Å². The number of amides is 1. The van der Waals surface area contributed by atoms with Crippen LogP contribution in [0.5, 0.6) is 0 Å². The Morgan fingerprint density at radius 3 is 2.85 bits per heavy atom. The number of carbonyl (C=O) groups is 2. The van der Waals surface area contributed by atoms with Crippen molar-refractivity contribution in [2.75, 3.05) is 12.6 Å². The number of carboxylic acid groups (broad SMARTS) is 1. The maximum atomic E-state index is 11.1. The summed E-state index contributed by atoms with van der Waals surface area (Å²) in [7, 11) is 0. The van der Waals surface area contributed by atoms with Crippen molar-refractivity contribution in [3.05, 3.63) is 0 Å². The highest BCUT2D eigenvalue weighted by Gasteiger charge is 2.34. The molecule has 5 nitrogen and oxygen atoms in total. The molecule has 0 aliphatic carbocycles. The number of carbonyl (C=O) groups excluding carboxylic acids is 1. The summed E-state index contributed by atoms with van der Waals surface area (Å²) in [6, 6.07) is -1.00. The zero-order chi connectivity index (χ0) is 9.84. The summed E-state index contributed by atoms with van der Waals surface area (Å²) >= 11 is 5.18. The third-order valence-electron chi connectivity index (χ3n) is 1.95. The van der Waals surface area contributed by atoms with Gasteiger partial charge in [-0.1, -0.05) is 11.6 Å². The van der Waals surface area contributed by atoms with Crippen molar-refractivity contribution >= 4 is 23.7 Å². The summed E-state index contributed by atoms with van der Waals surface area (Å²) in [6.07, 6.45) is 0.515. The maximum Gasteiger partial charge on any atom is 0.411 e. The molecule has 0 bridgehead atoms. The first-order valence-electron chi connectivity index (χ1n) is 3.89. The molecule has 1 N–H and O–H groups in total. The Bertz CT molecular complexity index is 221. The fourth-order valence-electron chi connectivity index (χ4n) is 1.37. The quantitative estimate of drug-likeness (QED) is 0.683. The van der Waals surface area contributed by atoms with Gasteiger partial charge in [0.15, 0.2) is 6.07 Å². The molecule has 0 aromatic heterocycles. The lowest BCUT2D eigenvalue weighted by atomic mass is 10.2. The topological polar surface area (TPSA) is 66.8 Å². The third kappa shape index (κ3) is 2.24. The number of aliphatic carboxylic acids is 1. The number of halogens is 1. The molecule has 1 rings (SSSR count). The second kappa shape index (κ2) is 4.32. The van der Waals surface area contributed by atoms with Gasteiger partial charge in [0.2, 0.25) is 0 Å². The molecule has 0 unspecified atom stereocenters. The minimum Gasteiger partial charge on any atom is -0.480 e. The van der Waals surface area contributed by atoms with Crippen molar-refractivity contribution in [1.29, 1.82) is 0 Å². The van der Waals surface area contributed by atoms with Gasteiger partial charge in [0.1, 0.15) is 6.04 Å². The molecule has 1 amide bonds. The third-order valence-corrected chi connectivity index (χ3v) is 2.06. The first-order chi connectivity index (χ1) is 6.16. The fraction of sp³-hybridized carbons (Fsp3) is 0.714. The lowest BCUT2D eigenvalue weighted by molar-refractivity contribution is -0.141. The molecule has 1 heterocycles. The molecule has 1 aliphatic rings. The van der Waals surface area contributed by atoms with E-state index in [1.807, 2.05) is 0 Å². The molecule has 1 atom stereocenters. The molecule has 0 aromatic rings. The van der Waals surface area contributed by atoms with Crippen molar-refractivity contribution in [1.82, 2.24) is 4.90 Å². The highest BCUT2D eigenvalue weighted by atomic mass is 35.5. The van der Waals surface area contributed by atoms with Crippen LogP contribution in [0.1, 0.15) is 12.8 Å². The minimum absolute atomic E-state index is 0.248. The first kappa shape index (κ1) is 10.1. The Kier molecular flexibility index (Phi) is 3.36. The second-order valence-corrected chi connectivity index (χ2v) is 2.93. The van der Waals surface area contributed by atoms with Crippen LogP contribution in [0.2, 0.25) is 0 Å². The second-order valence-electron chi connectivity index (χ2n) is 2.71. The SMILES string of the molecule is O=C(O)[C@H]1CCCN1C(=O)OCCl. The van der Waals surface area contributed by atoms with E-state index in [-0.39, 0.29) is 6.07 Å². The molecule has 1 aliphatic heterocycles. The summed E-state index contributed by atoms with van der Waals surface area (Å²) in [6.45, 7) is 0.423. The Morgan fingerprint density at radius 2 is 2.31 bits per heavy atom. The van der Waals surface area contributed by atoms with Crippen LogP contribution in [0.3, 0.4) is 0 Å². The predicted molar refractivity (Wildman–Crippen MR) is 44.6 cm³/mol. The number of ether oxygens (including phenoxy) is 1. The maximum absolute atomic E-state index is 11.1. The van der Waals surface area contributed by atoms with E-state index >= 15 is 0 Å². The fourth-order valence-corrected chi connectivity index (χ4v) is 1.46. The van der Waals surface area contributed by atoms with Gasteiger partial charge < -0.3 is 9.84 Å². The summed E-state index contributed by atoms with van der Waals surface area (Å²) in [5.41, 5.74) is 0. The summed E-state index contributed by atoms with van der Waals surface area (Å²) in [5, 5.41) is 8.72. The minimum atomic E-state index is -0.996. The molecular weight excluding hydrogens is 198 g/mol. The van der Waals surface area contributed by atoms with E-state index in [1.165, 1.54) is 4.90 Å². The number of carboxylic acids is 1. The zero-order valence-electron chi connectivity index (χ0n) is 6.90. The number of hydrogen-bond acceptors (Lipinski definition) is 3. The Balaban J connectivity index is 2.57. The van der Waals surface area contributed by atoms with Crippen LogP contribution in [0, 0.1) is 0 Å². The average molecular weight is 208 g/mol. The van der Waals surface area contributed by atoms with Gasteiger partial charge in [0.05, 0.1) is 0 Å². The first-order valence-corrected chi connectivity index (χ1v) is 4.42. The van der Waals surface area contributed by atoms with E-state index in [1.54, 1.807) is 0 Å². The smallest absolute Gasteiger partial charge is 0.411 e. The number of hydrogen-bond donors (Lipinski definition) is 1. The Labute approximate surface area is 80.2 Å². The van der Waals surface area contributed by atoms with Crippen molar-refractivity contribution in [3.8, 4) is 0 Å². The van der Waals surface area contributed by atoms with Crippen LogP contribution >= 0.6 is 11.6 Å². The lowest BCUT2D eigenvalue weighted by Gasteiger charge is -2.19. The van der Waals surface area contributed by atoms with Crippen LogP contribution in [-0.4, -0.2) is 40.7 Å². The van der Waals surface area contributed by atoms with Crippen molar-refractivity contribution in [2.24, 2.45) is 0 Å². The van der Waals surface area contributed by atoms with E-state index in [4.69, 9.17) is 16.7 Å². The summed E-state index contributed by atoms with van der Waals surface area (Å²) in [4.78, 5) is 22.9. The monoisotopic (exact) mass is 207 g/mol.